The summed E-state index contributed by atoms with van der Waals surface area (Å²) < 4.78 is 66.8. The summed E-state index contributed by atoms with van der Waals surface area (Å²) in [6, 6.07) is 57.5. The largest absolute Gasteiger partial charge is 0.508 e. The number of halogens is 2. The fourth-order valence-corrected chi connectivity index (χ4v) is 19.1. The Morgan fingerprint density at radius 2 is 0.869 bits per heavy atom. The Hall–Kier alpha value is -10.6. The number of unbranched alkanes of at least 4 members (excludes halogenated alkanes) is 22. The summed E-state index contributed by atoms with van der Waals surface area (Å²) in [4.78, 5) is 58.5. The van der Waals surface area contributed by atoms with E-state index in [9.17, 15) is 32.7 Å². The summed E-state index contributed by atoms with van der Waals surface area (Å²) in [5, 5.41) is 29.0. The van der Waals surface area contributed by atoms with Gasteiger partial charge in [0.15, 0.2) is 39.8 Å². The van der Waals surface area contributed by atoms with Crippen molar-refractivity contribution in [2.24, 2.45) is 5.92 Å². The molecule has 0 aromatic heterocycles. The van der Waals surface area contributed by atoms with E-state index < -0.39 is 35.0 Å². The Morgan fingerprint density at radius 1 is 0.476 bits per heavy atom. The standard InChI is InChI=1S/C36H62O6S.C33H48O4.C17H20.C11H10Cl2O4.C10H12N2O.C8H10O2.C7H8O/c1-3-5-7-9-11-13-15-17-19-21-23-25-27-35(37)42-33-29-32(30-34(31-33)43(39)40)36(38)41-28-26-24-22-20-18-16-14-12-10-8-6-4-2;1-9-13-34-27-17-23-25(19-29(27)36-15-11-3)33(21-31(23,5)6)22-32(7,8)24-18-28(35-14-10-2)30(20-26(24)33)37-16-12-4;1-14(15-10-6-4-7-11-15)17(2,3)16-12-8-5-9-13-16;1-3-16-11(15)7-4-8(12)10(9(13)5-7)17-6(2)14;1-8-7-12(11-10(8)13)9-5-3-2-4-6-9;1-5-3-8(10)6(2)4-7(5)9;1-6-2-4-7(8)5-3-6/h29-31H,3-28H2,1-2H3,(H,39,40);17-20H,9-16,21-22H2,1-8H3;4-14H,1-3H3;4-5H,3H2,1-2H3;2-6,8H,7H2,1H3,(H,11,13);3-4,9-10H,1-2H3;2-5,8H,1H3. The number of carbonyl (C=O) groups is 5. The molecule has 23 heteroatoms. The van der Waals surface area contributed by atoms with Gasteiger partial charge < -0.3 is 57.8 Å². The molecule has 1 spiro atoms. The molecule has 0 saturated carbocycles. The summed E-state index contributed by atoms with van der Waals surface area (Å²) in [7, 11) is 0. The van der Waals surface area contributed by atoms with Gasteiger partial charge in [-0.05, 0) is 237 Å². The Morgan fingerprint density at radius 3 is 1.26 bits per heavy atom. The van der Waals surface area contributed by atoms with Gasteiger partial charge in [0.2, 0.25) is 5.91 Å². The van der Waals surface area contributed by atoms with E-state index >= 15 is 0 Å². The third-order valence-corrected chi connectivity index (χ3v) is 27.6. The fraction of sp³-hybridized carbons (Fsp3) is 0.516. The van der Waals surface area contributed by atoms with Gasteiger partial charge in [0, 0.05) is 18.8 Å². The number of hydrazine groups is 1. The van der Waals surface area contributed by atoms with Gasteiger partial charge in [0.05, 0.1) is 83.9 Å². The number of nitrogens with zero attached hydrogens (tertiary/aromatic N) is 1. The first-order valence-electron chi connectivity index (χ1n) is 53.2. The van der Waals surface area contributed by atoms with Crippen molar-refractivity contribution in [2.45, 2.75) is 363 Å². The highest BCUT2D eigenvalue weighted by molar-refractivity contribution is 7.79. The van der Waals surface area contributed by atoms with Crippen LogP contribution in [-0.2, 0) is 56.6 Å². The number of benzene rings is 9. The number of rotatable bonds is 48. The zero-order valence-corrected chi connectivity index (χ0v) is 92.8. The number of hydrogen-bond acceptors (Lipinski definition) is 18. The van der Waals surface area contributed by atoms with Crippen molar-refractivity contribution < 1.29 is 85.9 Å². The number of nitrogens with one attached hydrogen (secondary N) is 1. The molecule has 9 aromatic carbocycles. The molecule has 1 heterocycles. The number of ether oxygens (including phenoxy) is 8. The quantitative estimate of drug-likeness (QED) is 0.00779. The van der Waals surface area contributed by atoms with Crippen LogP contribution in [0.25, 0.3) is 0 Å². The molecule has 12 rings (SSSR count). The zero-order chi connectivity index (χ0) is 106. The maximum absolute atomic E-state index is 12.6. The van der Waals surface area contributed by atoms with Crippen LogP contribution in [0.4, 0.5) is 5.69 Å². The van der Waals surface area contributed by atoms with Crippen LogP contribution in [0, 0.1) is 26.7 Å². The predicted molar refractivity (Wildman–Crippen MR) is 592 cm³/mol. The van der Waals surface area contributed by atoms with E-state index in [4.69, 9.17) is 76.4 Å². The molecule has 5 N–H and O–H groups in total. The molecule has 1 saturated heterocycles. The monoisotopic (exact) mass is 2050 g/mol. The summed E-state index contributed by atoms with van der Waals surface area (Å²) in [6.07, 6.45) is 35.6. The third-order valence-electron chi connectivity index (χ3n) is 26.4. The maximum Gasteiger partial charge on any atom is 0.338 e. The van der Waals surface area contributed by atoms with Gasteiger partial charge in [-0.3, -0.25) is 24.8 Å². The summed E-state index contributed by atoms with van der Waals surface area (Å²) in [5.41, 5.74) is 15.2. The number of esters is 4. The summed E-state index contributed by atoms with van der Waals surface area (Å²) in [5.74, 6) is 3.08. The fourth-order valence-electron chi connectivity index (χ4n) is 18.1. The predicted octanol–water partition coefficient (Wildman–Crippen LogP) is 32.1. The lowest BCUT2D eigenvalue weighted by Gasteiger charge is -2.33. The van der Waals surface area contributed by atoms with Crippen molar-refractivity contribution in [3.63, 3.8) is 0 Å². The lowest BCUT2D eigenvalue weighted by atomic mass is 9.71. The molecule has 0 radical (unpaired) electrons. The van der Waals surface area contributed by atoms with Gasteiger partial charge in [-0.25, -0.2) is 13.8 Å². The number of hydrogen-bond donors (Lipinski definition) is 5. The number of phenols is 3. The van der Waals surface area contributed by atoms with Crippen LogP contribution >= 0.6 is 23.2 Å². The molecule has 3 unspecified atom stereocenters. The second-order valence-corrected chi connectivity index (χ2v) is 42.0. The van der Waals surface area contributed by atoms with Crippen LogP contribution in [0.5, 0.6) is 51.7 Å². The number of aromatic hydroxyl groups is 3. The van der Waals surface area contributed by atoms with Crippen LogP contribution < -0.4 is 38.9 Å². The normalized spacial score (nSPS) is 14.0. The Labute approximate surface area is 880 Å². The van der Waals surface area contributed by atoms with Crippen LogP contribution in [0.15, 0.2) is 187 Å². The number of phenolic OH excluding ortho intramolecular Hbond substituents is 3. The summed E-state index contributed by atoms with van der Waals surface area (Å²) >= 11 is 9.40. The first-order chi connectivity index (χ1) is 69.3. The molecule has 9 aromatic rings. The molecule has 2 aliphatic carbocycles. The molecule has 1 amide bonds. The molecule has 3 atom stereocenters. The molecule has 3 aliphatic rings. The minimum atomic E-state index is -2.31. The second-order valence-electron chi connectivity index (χ2n) is 40.3. The van der Waals surface area contributed by atoms with Gasteiger partial charge >= 0.3 is 23.9 Å². The van der Waals surface area contributed by atoms with Crippen LogP contribution in [-0.4, -0.2) is 100 Å². The highest BCUT2D eigenvalue weighted by Crippen LogP contribution is 2.65. The molecule has 796 valence electrons. The average molecular weight is 2060 g/mol. The van der Waals surface area contributed by atoms with E-state index in [1.807, 2.05) is 61.3 Å². The number of fused-ring (bicyclic) bond motifs is 4. The molecule has 1 aliphatic heterocycles. The van der Waals surface area contributed by atoms with Crippen molar-refractivity contribution in [1.29, 1.82) is 0 Å². The van der Waals surface area contributed by atoms with Crippen LogP contribution in [0.1, 0.15) is 387 Å². The summed E-state index contributed by atoms with van der Waals surface area (Å²) in [6.45, 7) is 44.0. The third kappa shape index (κ3) is 41.6. The lowest BCUT2D eigenvalue weighted by Crippen LogP contribution is -2.32. The van der Waals surface area contributed by atoms with Gasteiger partial charge in [0.25, 0.3) is 0 Å². The van der Waals surface area contributed by atoms with Gasteiger partial charge in [-0.1, -0.05) is 358 Å². The second kappa shape index (κ2) is 65.2. The first-order valence-corrected chi connectivity index (χ1v) is 55.1. The number of anilines is 1. The number of amides is 1. The Kier molecular flexibility index (Phi) is 55.4. The maximum atomic E-state index is 12.6. The highest BCUT2D eigenvalue weighted by atomic mass is 35.5. The minimum absolute atomic E-state index is 0.00739. The van der Waals surface area contributed by atoms with E-state index in [2.05, 4.69) is 180 Å². The molecular formula is C122H170Cl2N2O18S. The van der Waals surface area contributed by atoms with Crippen molar-refractivity contribution in [3.8, 4) is 51.7 Å². The average Bonchev–Trinajstić information content (AvgIpc) is 1.52. The molecule has 20 nitrogen and oxygen atoms in total. The van der Waals surface area contributed by atoms with Crippen molar-refractivity contribution in [1.82, 2.24) is 5.43 Å². The molecule has 0 bridgehead atoms. The van der Waals surface area contributed by atoms with E-state index in [-0.39, 0.29) is 95.6 Å². The van der Waals surface area contributed by atoms with E-state index in [0.717, 1.165) is 112 Å². The van der Waals surface area contributed by atoms with Gasteiger partial charge in [-0.15, -0.1) is 0 Å². The van der Waals surface area contributed by atoms with Crippen molar-refractivity contribution >= 4 is 69.8 Å². The number of carbonyl (C=O) groups excluding carboxylic acids is 5. The van der Waals surface area contributed by atoms with Gasteiger partial charge in [-0.2, -0.15) is 0 Å². The van der Waals surface area contributed by atoms with Crippen molar-refractivity contribution in [3.05, 3.63) is 253 Å². The lowest BCUT2D eigenvalue weighted by molar-refractivity contribution is -0.134. The minimum Gasteiger partial charge on any atom is -0.508 e. The first kappa shape index (κ1) is 123. The SMILES string of the molecule is CC(c1ccccc1)C(C)(C)c1ccccc1.CC1CN(c2ccccc2)NC1=O.CCCCCCCCCCCCCCOC(=O)c1cc(OC(=O)CCCCCCCCCCCCCC)cc(S(=O)O)c1.CCCOc1cc2c(cc1OCCC)C1(CC2(C)C)CC(C)(C)c2cc(OCCC)c(OCCC)cc21.CCOC(=O)c1cc(Cl)c(OC(C)=O)c(Cl)c1.Cc1cc(O)c(C)cc1O.Cc1ccc(O)cc1. The van der Waals surface area contributed by atoms with E-state index in [1.165, 1.54) is 192 Å². The van der Waals surface area contributed by atoms with Crippen LogP contribution in [0.2, 0.25) is 10.0 Å². The smallest absolute Gasteiger partial charge is 0.338 e. The number of para-hydroxylation sites is 1. The highest BCUT2D eigenvalue weighted by Gasteiger charge is 2.57. The molecular weight excluding hydrogens is 1880 g/mol. The molecule has 145 heavy (non-hydrogen) atoms. The van der Waals surface area contributed by atoms with Crippen molar-refractivity contribution in [2.75, 3.05) is 51.2 Å². The van der Waals surface area contributed by atoms with E-state index in [0.29, 0.717) is 55.8 Å². The van der Waals surface area contributed by atoms with Crippen LogP contribution in [0.3, 0.4) is 0 Å². The number of aryl methyl sites for hydroxylation is 3. The van der Waals surface area contributed by atoms with Gasteiger partial charge in [0.1, 0.15) is 23.0 Å². The molecule has 1 fully saturated rings. The zero-order valence-electron chi connectivity index (χ0n) is 90.5. The Balaban J connectivity index is 0.000000279. The topological polar surface area (TPSA) is 272 Å². The van der Waals surface area contributed by atoms with E-state index in [1.54, 1.807) is 45.0 Å². The Bertz CT molecular complexity index is 5200.